The first kappa shape index (κ1) is 19.7. The minimum absolute atomic E-state index is 0.0842. The van der Waals surface area contributed by atoms with Crippen molar-refractivity contribution in [3.63, 3.8) is 0 Å². The number of ether oxygens (including phenoxy) is 1. The molecule has 0 bridgehead atoms. The van der Waals surface area contributed by atoms with Gasteiger partial charge in [-0.05, 0) is 44.0 Å². The van der Waals surface area contributed by atoms with Crippen molar-refractivity contribution in [3.05, 3.63) is 24.3 Å². The van der Waals surface area contributed by atoms with Crippen LogP contribution in [0.15, 0.2) is 29.4 Å². The second-order valence-corrected chi connectivity index (χ2v) is 8.36. The number of hydrogen-bond donors (Lipinski definition) is 1. The molecule has 146 valence electrons. The van der Waals surface area contributed by atoms with Gasteiger partial charge in [-0.3, -0.25) is 4.79 Å². The van der Waals surface area contributed by atoms with E-state index in [1.807, 2.05) is 42.8 Å². The Morgan fingerprint density at radius 1 is 1.19 bits per heavy atom. The van der Waals surface area contributed by atoms with E-state index in [1.54, 1.807) is 7.11 Å². The molecule has 1 aliphatic carbocycles. The molecule has 0 unspecified atom stereocenters. The van der Waals surface area contributed by atoms with Crippen molar-refractivity contribution in [2.24, 2.45) is 7.05 Å². The Balaban J connectivity index is 1.62. The van der Waals surface area contributed by atoms with Gasteiger partial charge in [0.15, 0.2) is 11.0 Å². The predicted octanol–water partition coefficient (Wildman–Crippen LogP) is 3.81. The number of nitrogens with zero attached hydrogens (tertiary/aromatic N) is 3. The van der Waals surface area contributed by atoms with Crippen LogP contribution in [0, 0.1) is 0 Å². The zero-order valence-electron chi connectivity index (χ0n) is 16.3. The van der Waals surface area contributed by atoms with E-state index in [0.29, 0.717) is 6.04 Å². The van der Waals surface area contributed by atoms with Gasteiger partial charge in [-0.15, -0.1) is 10.2 Å². The van der Waals surface area contributed by atoms with Gasteiger partial charge in [0.2, 0.25) is 5.91 Å². The molecule has 2 aromatic rings. The van der Waals surface area contributed by atoms with Gasteiger partial charge >= 0.3 is 0 Å². The molecular weight excluding hydrogens is 360 g/mol. The van der Waals surface area contributed by atoms with Gasteiger partial charge in [0.1, 0.15) is 5.75 Å². The summed E-state index contributed by atoms with van der Waals surface area (Å²) >= 11 is 1.45. The molecule has 1 aromatic carbocycles. The van der Waals surface area contributed by atoms with Crippen LogP contribution in [0.4, 0.5) is 0 Å². The number of carbonyl (C=O) groups is 1. The molecule has 1 atom stereocenters. The Kier molecular flexibility index (Phi) is 6.77. The van der Waals surface area contributed by atoms with Crippen LogP contribution in [0.2, 0.25) is 0 Å². The molecule has 0 aliphatic heterocycles. The van der Waals surface area contributed by atoms with E-state index < -0.39 is 0 Å². The molecule has 1 fully saturated rings. The Morgan fingerprint density at radius 3 is 2.48 bits per heavy atom. The first-order chi connectivity index (χ1) is 13.1. The fourth-order valence-corrected chi connectivity index (χ4v) is 4.19. The summed E-state index contributed by atoms with van der Waals surface area (Å²) in [6.07, 6.45) is 7.17. The highest BCUT2D eigenvalue weighted by atomic mass is 32.2. The number of amides is 1. The van der Waals surface area contributed by atoms with E-state index in [4.69, 9.17) is 4.74 Å². The van der Waals surface area contributed by atoms with Gasteiger partial charge in [-0.2, -0.15) is 0 Å². The Labute approximate surface area is 165 Å². The Hall–Kier alpha value is -2.02. The van der Waals surface area contributed by atoms with Crippen molar-refractivity contribution < 1.29 is 9.53 Å². The molecule has 6 nitrogen and oxygen atoms in total. The molecule has 3 rings (SSSR count). The summed E-state index contributed by atoms with van der Waals surface area (Å²) in [5.74, 6) is 1.66. The fourth-order valence-electron chi connectivity index (χ4n) is 3.36. The largest absolute Gasteiger partial charge is 0.497 e. The van der Waals surface area contributed by atoms with Gasteiger partial charge in [0, 0.05) is 18.7 Å². The monoisotopic (exact) mass is 388 g/mol. The molecule has 1 heterocycles. The number of thioether (sulfide) groups is 1. The lowest BCUT2D eigenvalue weighted by Gasteiger charge is -2.19. The van der Waals surface area contributed by atoms with Crippen molar-refractivity contribution in [1.82, 2.24) is 20.1 Å². The summed E-state index contributed by atoms with van der Waals surface area (Å²) < 4.78 is 7.13. The summed E-state index contributed by atoms with van der Waals surface area (Å²) in [4.78, 5) is 12.6. The Bertz CT molecular complexity index is 752. The van der Waals surface area contributed by atoms with E-state index in [1.165, 1.54) is 37.4 Å². The second-order valence-electron chi connectivity index (χ2n) is 7.05. The number of aromatic nitrogens is 3. The summed E-state index contributed by atoms with van der Waals surface area (Å²) in [5, 5.41) is 12.3. The second kappa shape index (κ2) is 9.26. The van der Waals surface area contributed by atoms with E-state index in [2.05, 4.69) is 15.5 Å². The molecule has 7 heteroatoms. The zero-order valence-corrected chi connectivity index (χ0v) is 17.1. The highest BCUT2D eigenvalue weighted by Crippen LogP contribution is 2.27. The molecule has 1 aromatic heterocycles. The maximum atomic E-state index is 12.6. The molecule has 1 aliphatic rings. The fraction of sp³-hybridized carbons (Fsp3) is 0.550. The van der Waals surface area contributed by atoms with E-state index in [0.717, 1.165) is 35.1 Å². The lowest BCUT2D eigenvalue weighted by molar-refractivity contribution is -0.121. The molecule has 0 saturated heterocycles. The number of benzene rings is 1. The van der Waals surface area contributed by atoms with E-state index >= 15 is 0 Å². The van der Waals surface area contributed by atoms with Crippen LogP contribution in [0.25, 0.3) is 11.4 Å². The standard InChI is InChI=1S/C20H28N4O2S/c1-14(19(25)21-16-8-6-4-5-7-9-16)27-20-23-22-18(24(20)2)15-10-12-17(26-3)13-11-15/h10-14,16H,4-9H2,1-3H3,(H,21,25)/t14-/m0/s1. The summed E-state index contributed by atoms with van der Waals surface area (Å²) in [6.45, 7) is 1.93. The third-order valence-corrected chi connectivity index (χ3v) is 6.17. The van der Waals surface area contributed by atoms with Crippen LogP contribution in [0.3, 0.4) is 0 Å². The molecule has 1 amide bonds. The average Bonchev–Trinajstić information content (AvgIpc) is 2.87. The number of methoxy groups -OCH3 is 1. The zero-order chi connectivity index (χ0) is 19.2. The van der Waals surface area contributed by atoms with Crippen LogP contribution in [-0.2, 0) is 11.8 Å². The number of carbonyl (C=O) groups excluding carboxylic acids is 1. The van der Waals surface area contributed by atoms with Crippen molar-refractivity contribution >= 4 is 17.7 Å². The highest BCUT2D eigenvalue weighted by molar-refractivity contribution is 8.00. The molecule has 1 N–H and O–H groups in total. The number of nitrogens with one attached hydrogen (secondary N) is 1. The van der Waals surface area contributed by atoms with Gasteiger partial charge in [0.05, 0.1) is 12.4 Å². The SMILES string of the molecule is COc1ccc(-c2nnc(S[C@@H](C)C(=O)NC3CCCCCC3)n2C)cc1. The maximum absolute atomic E-state index is 12.6. The summed E-state index contributed by atoms with van der Waals surface area (Å²) in [5.41, 5.74) is 0.966. The first-order valence-corrected chi connectivity index (χ1v) is 10.5. The third kappa shape index (κ3) is 5.03. The summed E-state index contributed by atoms with van der Waals surface area (Å²) in [6, 6.07) is 8.04. The van der Waals surface area contributed by atoms with Crippen LogP contribution in [-0.4, -0.2) is 39.1 Å². The quantitative estimate of drug-likeness (QED) is 0.602. The summed E-state index contributed by atoms with van der Waals surface area (Å²) in [7, 11) is 3.57. The van der Waals surface area contributed by atoms with Gasteiger partial charge in [-0.25, -0.2) is 0 Å². The van der Waals surface area contributed by atoms with Gasteiger partial charge in [-0.1, -0.05) is 37.4 Å². The van der Waals surface area contributed by atoms with Crippen LogP contribution in [0.5, 0.6) is 5.75 Å². The lowest BCUT2D eigenvalue weighted by atomic mass is 10.1. The van der Waals surface area contributed by atoms with Crippen molar-refractivity contribution in [3.8, 4) is 17.1 Å². The molecule has 1 saturated carbocycles. The lowest BCUT2D eigenvalue weighted by Crippen LogP contribution is -2.39. The smallest absolute Gasteiger partial charge is 0.233 e. The predicted molar refractivity (Wildman–Crippen MR) is 108 cm³/mol. The van der Waals surface area contributed by atoms with Crippen LogP contribution < -0.4 is 10.1 Å². The number of rotatable bonds is 6. The molecule has 0 spiro atoms. The van der Waals surface area contributed by atoms with E-state index in [-0.39, 0.29) is 11.2 Å². The van der Waals surface area contributed by atoms with Crippen molar-refractivity contribution in [2.45, 2.75) is 61.9 Å². The maximum Gasteiger partial charge on any atom is 0.233 e. The van der Waals surface area contributed by atoms with Crippen LogP contribution >= 0.6 is 11.8 Å². The molecular formula is C20H28N4O2S. The molecule has 0 radical (unpaired) electrons. The first-order valence-electron chi connectivity index (χ1n) is 9.59. The normalized spacial score (nSPS) is 16.6. The van der Waals surface area contributed by atoms with E-state index in [9.17, 15) is 4.79 Å². The van der Waals surface area contributed by atoms with Gasteiger partial charge in [0.25, 0.3) is 0 Å². The minimum Gasteiger partial charge on any atom is -0.497 e. The molecule has 27 heavy (non-hydrogen) atoms. The topological polar surface area (TPSA) is 69.0 Å². The van der Waals surface area contributed by atoms with Gasteiger partial charge < -0.3 is 14.6 Å². The Morgan fingerprint density at radius 2 is 1.85 bits per heavy atom. The third-order valence-electron chi connectivity index (χ3n) is 5.04. The average molecular weight is 389 g/mol. The highest BCUT2D eigenvalue weighted by Gasteiger charge is 2.22. The van der Waals surface area contributed by atoms with Crippen molar-refractivity contribution in [1.29, 1.82) is 0 Å². The van der Waals surface area contributed by atoms with Crippen molar-refractivity contribution in [2.75, 3.05) is 7.11 Å². The van der Waals surface area contributed by atoms with Crippen LogP contribution in [0.1, 0.15) is 45.4 Å². The number of hydrogen-bond acceptors (Lipinski definition) is 5. The minimum atomic E-state index is -0.208.